The second-order valence-electron chi connectivity index (χ2n) is 6.25. The summed E-state index contributed by atoms with van der Waals surface area (Å²) in [6, 6.07) is 0.0359. The number of likely N-dealkylation sites (tertiary alicyclic amines) is 1. The molecule has 2 saturated heterocycles. The third-order valence-corrected chi connectivity index (χ3v) is 4.43. The first-order valence-corrected chi connectivity index (χ1v) is 7.92. The van der Waals surface area contributed by atoms with E-state index >= 15 is 0 Å². The molecule has 2 rings (SSSR count). The number of amides is 1. The summed E-state index contributed by atoms with van der Waals surface area (Å²) in [5.41, 5.74) is 0. The molecule has 0 aromatic heterocycles. The molecule has 0 radical (unpaired) electrons. The first-order chi connectivity index (χ1) is 9.13. The van der Waals surface area contributed by atoms with Gasteiger partial charge in [0.2, 0.25) is 5.91 Å². The monoisotopic (exact) mass is 267 g/mol. The van der Waals surface area contributed by atoms with Crippen LogP contribution in [0, 0.1) is 5.92 Å². The lowest BCUT2D eigenvalue weighted by atomic mass is 10.1. The molecule has 1 N–H and O–H groups in total. The topological polar surface area (TPSA) is 35.6 Å². The molecule has 110 valence electrons. The third kappa shape index (κ3) is 3.48. The standard InChI is InChI=1S/C15H29N3O/c1-4-13-15(19)18(14(16-13)12(2)3)11-10-17-8-6-5-7-9-17/h12-14,16H,4-11H2,1-3H3. The maximum Gasteiger partial charge on any atom is 0.241 e. The van der Waals surface area contributed by atoms with E-state index in [4.69, 9.17) is 0 Å². The molecule has 2 aliphatic heterocycles. The molecule has 19 heavy (non-hydrogen) atoms. The van der Waals surface area contributed by atoms with Crippen LogP contribution in [0.3, 0.4) is 0 Å². The van der Waals surface area contributed by atoms with Gasteiger partial charge in [-0.05, 0) is 38.3 Å². The van der Waals surface area contributed by atoms with Crippen LogP contribution in [-0.4, -0.2) is 54.1 Å². The molecule has 2 heterocycles. The van der Waals surface area contributed by atoms with Crippen LogP contribution in [0.2, 0.25) is 0 Å². The second kappa shape index (κ2) is 6.71. The van der Waals surface area contributed by atoms with Crippen LogP contribution in [0.25, 0.3) is 0 Å². The van der Waals surface area contributed by atoms with Gasteiger partial charge in [0, 0.05) is 13.1 Å². The van der Waals surface area contributed by atoms with Crippen LogP contribution < -0.4 is 5.32 Å². The van der Waals surface area contributed by atoms with Gasteiger partial charge in [0.1, 0.15) is 0 Å². The van der Waals surface area contributed by atoms with Crippen molar-refractivity contribution in [3.05, 3.63) is 0 Å². The molecule has 0 saturated carbocycles. The SMILES string of the molecule is CCC1NC(C(C)C)N(CCN2CCCCC2)C1=O. The maximum atomic E-state index is 12.4. The molecule has 0 aliphatic carbocycles. The van der Waals surface area contributed by atoms with Crippen LogP contribution in [0.4, 0.5) is 0 Å². The lowest BCUT2D eigenvalue weighted by Gasteiger charge is -2.32. The van der Waals surface area contributed by atoms with E-state index in [1.807, 2.05) is 0 Å². The van der Waals surface area contributed by atoms with Gasteiger partial charge in [-0.1, -0.05) is 27.2 Å². The van der Waals surface area contributed by atoms with E-state index in [-0.39, 0.29) is 12.2 Å². The Kier molecular flexibility index (Phi) is 5.22. The van der Waals surface area contributed by atoms with Gasteiger partial charge in [-0.15, -0.1) is 0 Å². The fraction of sp³-hybridized carbons (Fsp3) is 0.933. The zero-order chi connectivity index (χ0) is 13.8. The summed E-state index contributed by atoms with van der Waals surface area (Å²) in [7, 11) is 0. The van der Waals surface area contributed by atoms with Crippen molar-refractivity contribution in [1.82, 2.24) is 15.1 Å². The van der Waals surface area contributed by atoms with Crippen molar-refractivity contribution in [1.29, 1.82) is 0 Å². The van der Waals surface area contributed by atoms with Crippen molar-refractivity contribution in [2.45, 2.75) is 58.7 Å². The predicted molar refractivity (Wildman–Crippen MR) is 77.8 cm³/mol. The summed E-state index contributed by atoms with van der Waals surface area (Å²) in [6.07, 6.45) is 5.12. The van der Waals surface area contributed by atoms with Crippen molar-refractivity contribution < 1.29 is 4.79 Å². The molecule has 0 aromatic rings. The summed E-state index contributed by atoms with van der Waals surface area (Å²) in [6.45, 7) is 10.8. The first-order valence-electron chi connectivity index (χ1n) is 7.92. The Hall–Kier alpha value is -0.610. The van der Waals surface area contributed by atoms with E-state index in [2.05, 4.69) is 35.9 Å². The zero-order valence-electron chi connectivity index (χ0n) is 12.7. The maximum absolute atomic E-state index is 12.4. The number of carbonyl (C=O) groups excluding carboxylic acids is 1. The Bertz CT molecular complexity index is 300. The van der Waals surface area contributed by atoms with Crippen LogP contribution in [-0.2, 0) is 4.79 Å². The lowest BCUT2D eigenvalue weighted by molar-refractivity contribution is -0.130. The number of nitrogens with zero attached hydrogens (tertiary/aromatic N) is 2. The van der Waals surface area contributed by atoms with E-state index in [0.717, 1.165) is 19.5 Å². The fourth-order valence-corrected chi connectivity index (χ4v) is 3.23. The first kappa shape index (κ1) is 14.8. The molecule has 2 atom stereocenters. The number of rotatable bonds is 5. The molecular formula is C15H29N3O. The number of nitrogens with one attached hydrogen (secondary N) is 1. The minimum Gasteiger partial charge on any atom is -0.324 e. The number of hydrogen-bond donors (Lipinski definition) is 1. The van der Waals surface area contributed by atoms with Crippen molar-refractivity contribution in [3.8, 4) is 0 Å². The highest BCUT2D eigenvalue weighted by atomic mass is 16.2. The number of carbonyl (C=O) groups is 1. The Morgan fingerprint density at radius 2 is 1.89 bits per heavy atom. The summed E-state index contributed by atoms with van der Waals surface area (Å²) >= 11 is 0. The van der Waals surface area contributed by atoms with E-state index in [9.17, 15) is 4.79 Å². The van der Waals surface area contributed by atoms with Gasteiger partial charge in [0.05, 0.1) is 12.2 Å². The minimum atomic E-state index is 0.0359. The highest BCUT2D eigenvalue weighted by Crippen LogP contribution is 2.19. The average molecular weight is 267 g/mol. The van der Waals surface area contributed by atoms with E-state index in [1.54, 1.807) is 0 Å². The molecule has 4 heteroatoms. The molecule has 1 amide bonds. The average Bonchev–Trinajstić information content (AvgIpc) is 2.74. The van der Waals surface area contributed by atoms with E-state index in [1.165, 1.54) is 32.4 Å². The van der Waals surface area contributed by atoms with Gasteiger partial charge >= 0.3 is 0 Å². The highest BCUT2D eigenvalue weighted by molar-refractivity contribution is 5.84. The molecule has 2 aliphatic rings. The zero-order valence-corrected chi connectivity index (χ0v) is 12.7. The van der Waals surface area contributed by atoms with Crippen molar-refractivity contribution >= 4 is 5.91 Å². The predicted octanol–water partition coefficient (Wildman–Crippen LogP) is 1.66. The molecule has 4 nitrogen and oxygen atoms in total. The molecular weight excluding hydrogens is 238 g/mol. The van der Waals surface area contributed by atoms with E-state index < -0.39 is 0 Å². The normalized spacial score (nSPS) is 29.5. The Balaban J connectivity index is 1.90. The molecule has 2 unspecified atom stereocenters. The lowest BCUT2D eigenvalue weighted by Crippen LogP contribution is -2.45. The number of piperidine rings is 1. The largest absolute Gasteiger partial charge is 0.324 e. The number of hydrogen-bond acceptors (Lipinski definition) is 3. The smallest absolute Gasteiger partial charge is 0.241 e. The highest BCUT2D eigenvalue weighted by Gasteiger charge is 2.38. The minimum absolute atomic E-state index is 0.0359. The van der Waals surface area contributed by atoms with Gasteiger partial charge in [-0.3, -0.25) is 10.1 Å². The van der Waals surface area contributed by atoms with E-state index in [0.29, 0.717) is 11.8 Å². The quantitative estimate of drug-likeness (QED) is 0.823. The van der Waals surface area contributed by atoms with Gasteiger partial charge in [-0.25, -0.2) is 0 Å². The van der Waals surface area contributed by atoms with Crippen molar-refractivity contribution in [3.63, 3.8) is 0 Å². The Morgan fingerprint density at radius 1 is 1.21 bits per heavy atom. The van der Waals surface area contributed by atoms with Crippen LogP contribution in [0.1, 0.15) is 46.5 Å². The van der Waals surface area contributed by atoms with Crippen LogP contribution in [0.5, 0.6) is 0 Å². The van der Waals surface area contributed by atoms with Gasteiger partial charge in [0.25, 0.3) is 0 Å². The molecule has 0 bridgehead atoms. The molecule has 2 fully saturated rings. The fourth-order valence-electron chi connectivity index (χ4n) is 3.23. The Morgan fingerprint density at radius 3 is 2.47 bits per heavy atom. The van der Waals surface area contributed by atoms with Crippen molar-refractivity contribution in [2.75, 3.05) is 26.2 Å². The van der Waals surface area contributed by atoms with Gasteiger partial charge in [0.15, 0.2) is 0 Å². The molecule has 0 aromatic carbocycles. The Labute approximate surface area is 117 Å². The summed E-state index contributed by atoms with van der Waals surface area (Å²) in [4.78, 5) is 17.0. The van der Waals surface area contributed by atoms with Gasteiger partial charge in [-0.2, -0.15) is 0 Å². The third-order valence-electron chi connectivity index (χ3n) is 4.43. The molecule has 0 spiro atoms. The second-order valence-corrected chi connectivity index (χ2v) is 6.25. The summed E-state index contributed by atoms with van der Waals surface area (Å²) < 4.78 is 0. The van der Waals surface area contributed by atoms with Gasteiger partial charge < -0.3 is 9.80 Å². The summed E-state index contributed by atoms with van der Waals surface area (Å²) in [5, 5.41) is 3.49. The van der Waals surface area contributed by atoms with Crippen LogP contribution >= 0.6 is 0 Å². The summed E-state index contributed by atoms with van der Waals surface area (Å²) in [5.74, 6) is 0.778. The van der Waals surface area contributed by atoms with Crippen molar-refractivity contribution in [2.24, 2.45) is 5.92 Å². The van der Waals surface area contributed by atoms with Crippen LogP contribution in [0.15, 0.2) is 0 Å².